The van der Waals surface area contributed by atoms with Gasteiger partial charge in [0.15, 0.2) is 11.6 Å². The molecule has 3 aliphatic carbocycles. The van der Waals surface area contributed by atoms with Crippen molar-refractivity contribution in [2.45, 2.75) is 80.2 Å². The van der Waals surface area contributed by atoms with Gasteiger partial charge in [0.05, 0.1) is 30.1 Å². The van der Waals surface area contributed by atoms with Crippen molar-refractivity contribution in [3.05, 3.63) is 111 Å². The van der Waals surface area contributed by atoms with Gasteiger partial charge in [-0.05, 0) is 84.4 Å². The molecule has 9 atom stereocenters. The number of allylic oxidation sites excluding steroid dienone is 6. The Morgan fingerprint density at radius 1 is 1.04 bits per heavy atom. The Morgan fingerprint density at radius 3 is 2.67 bits per heavy atom. The molecule has 55 heavy (non-hydrogen) atoms. The molecule has 0 amide bonds. The van der Waals surface area contributed by atoms with Crippen molar-refractivity contribution < 1.29 is 49.7 Å². The second-order valence-corrected chi connectivity index (χ2v) is 18.3. The van der Waals surface area contributed by atoms with E-state index >= 15 is 4.79 Å². The van der Waals surface area contributed by atoms with E-state index in [1.807, 2.05) is 24.3 Å². The van der Waals surface area contributed by atoms with Crippen LogP contribution in [0.5, 0.6) is 5.75 Å². The summed E-state index contributed by atoms with van der Waals surface area (Å²) < 4.78 is 12.5. The predicted molar refractivity (Wildman–Crippen MR) is 205 cm³/mol. The summed E-state index contributed by atoms with van der Waals surface area (Å²) in [5.41, 5.74) is -1.20. The Kier molecular flexibility index (Phi) is 9.29. The number of nitrogens with one attached hydrogen (secondary N) is 2. The zero-order valence-corrected chi connectivity index (χ0v) is 31.6. The Labute approximate surface area is 325 Å². The van der Waals surface area contributed by atoms with Crippen LogP contribution in [0.2, 0.25) is 0 Å². The molecule has 0 radical (unpaired) electrons. The van der Waals surface area contributed by atoms with Crippen LogP contribution in [0.25, 0.3) is 0 Å². The number of carbonyl (C=O) groups is 2. The predicted octanol–water partition coefficient (Wildman–Crippen LogP) is 3.35. The molecule has 0 aromatic heterocycles. The Bertz CT molecular complexity index is 2080. The van der Waals surface area contributed by atoms with Crippen molar-refractivity contribution in [2.75, 3.05) is 18.9 Å². The van der Waals surface area contributed by atoms with Gasteiger partial charge in [0, 0.05) is 17.9 Å². The molecule has 10 rings (SSSR count). The number of hydrogen-bond donors (Lipinski definition) is 8. The van der Waals surface area contributed by atoms with E-state index in [2.05, 4.69) is 16.7 Å². The molecular weight excluding hydrogens is 745 g/mol. The molecule has 2 fully saturated rings. The van der Waals surface area contributed by atoms with Gasteiger partial charge in [0.25, 0.3) is 0 Å². The van der Waals surface area contributed by atoms with E-state index in [4.69, 9.17) is 9.47 Å². The van der Waals surface area contributed by atoms with Crippen molar-refractivity contribution in [1.82, 2.24) is 10.6 Å². The van der Waals surface area contributed by atoms with E-state index < -0.39 is 59.3 Å². The topological polar surface area (TPSA) is 198 Å². The molecule has 9 bridgehead atoms. The maximum Gasteiger partial charge on any atom is 0.229 e. The fourth-order valence-corrected chi connectivity index (χ4v) is 12.7. The molecule has 2 aromatic carbocycles. The normalized spacial score (nSPS) is 36.6. The Balaban J connectivity index is 1.17. The summed E-state index contributed by atoms with van der Waals surface area (Å²) in [5, 5.41) is 75.5. The third-order valence-electron chi connectivity index (χ3n) is 12.8. The second kappa shape index (κ2) is 13.8. The number of carbonyl (C=O) groups excluding carboxylic acids is 2. The maximum absolute atomic E-state index is 15.2. The molecule has 2 aromatic rings. The van der Waals surface area contributed by atoms with Gasteiger partial charge in [0.1, 0.15) is 46.2 Å². The minimum atomic E-state index is -2.16. The summed E-state index contributed by atoms with van der Waals surface area (Å²) >= 11 is 0. The second-order valence-electron chi connectivity index (χ2n) is 15.7. The molecule has 8 N–H and O–H groups in total. The van der Waals surface area contributed by atoms with Gasteiger partial charge in [-0.1, -0.05) is 70.1 Å². The van der Waals surface area contributed by atoms with Gasteiger partial charge in [-0.2, -0.15) is 0 Å². The van der Waals surface area contributed by atoms with E-state index in [-0.39, 0.29) is 52.6 Å². The molecule has 1 spiro atoms. The van der Waals surface area contributed by atoms with Crippen LogP contribution in [0.3, 0.4) is 0 Å². The van der Waals surface area contributed by atoms with Crippen LogP contribution in [-0.4, -0.2) is 96.2 Å². The molecule has 12 nitrogen and oxygen atoms in total. The average Bonchev–Trinajstić information content (AvgIpc) is 3.19. The largest absolute Gasteiger partial charge is 0.511 e. The standard InChI is InChI=1S/C41H44N2O10S2/c44-18-22-4-1-3-21(13-22)14-23-15-28-33(47)27-5-2-6-29-32(27)34(48)40(28,30(46)16-23)20-54-55-31-8-7-26-24(10-12-42-36(26)43-31)17-25-9-11-39(19-45)38(50)41(25,51)35(49)37(52-29)53-39/h1-6,10,13,15-16,25,28,31,35,37-38,42-46,49-51H,7-9,11-12,14,17-20H2. The molecule has 290 valence electrons. The fraction of sp³-hybridized carbons (Fsp3) is 0.463. The van der Waals surface area contributed by atoms with Crippen molar-refractivity contribution in [2.24, 2.45) is 17.3 Å². The van der Waals surface area contributed by atoms with Gasteiger partial charge >= 0.3 is 0 Å². The molecule has 9 unspecified atom stereocenters. The van der Waals surface area contributed by atoms with Crippen LogP contribution in [-0.2, 0) is 17.8 Å². The Hall–Kier alpha value is -3.60. The highest BCUT2D eigenvalue weighted by molar-refractivity contribution is 8.76. The van der Waals surface area contributed by atoms with E-state index in [9.17, 15) is 35.4 Å². The zero-order valence-electron chi connectivity index (χ0n) is 29.9. The van der Waals surface area contributed by atoms with Crippen LogP contribution >= 0.6 is 21.6 Å². The van der Waals surface area contributed by atoms with Crippen LogP contribution in [0.4, 0.5) is 0 Å². The smallest absolute Gasteiger partial charge is 0.229 e. The highest BCUT2D eigenvalue weighted by Crippen LogP contribution is 2.56. The molecule has 1 saturated carbocycles. The average molecular weight is 789 g/mol. The van der Waals surface area contributed by atoms with Crippen LogP contribution in [0.1, 0.15) is 63.9 Å². The summed E-state index contributed by atoms with van der Waals surface area (Å²) in [6, 6.07) is 12.0. The first-order chi connectivity index (χ1) is 26.5. The summed E-state index contributed by atoms with van der Waals surface area (Å²) in [7, 11) is 2.95. The molecule has 8 aliphatic rings. The molecular formula is C41H44N2O10S2. The minimum Gasteiger partial charge on any atom is -0.511 e. The fourth-order valence-electron chi connectivity index (χ4n) is 9.80. The molecule has 14 heteroatoms. The number of dihydropyridines is 1. The lowest BCUT2D eigenvalue weighted by molar-refractivity contribution is -0.376. The molecule has 1 saturated heterocycles. The van der Waals surface area contributed by atoms with Crippen molar-refractivity contribution in [1.29, 1.82) is 0 Å². The van der Waals surface area contributed by atoms with Crippen LogP contribution < -0.4 is 15.4 Å². The first-order valence-corrected chi connectivity index (χ1v) is 21.2. The number of ether oxygens (including phenoxy) is 2. The van der Waals surface area contributed by atoms with E-state index in [0.29, 0.717) is 37.8 Å². The van der Waals surface area contributed by atoms with Crippen molar-refractivity contribution in [3.8, 4) is 5.75 Å². The molecule has 5 heterocycles. The zero-order chi connectivity index (χ0) is 38.3. The highest BCUT2D eigenvalue weighted by atomic mass is 33.1. The first-order valence-electron chi connectivity index (χ1n) is 18.8. The number of hydrogen-bond acceptors (Lipinski definition) is 14. The van der Waals surface area contributed by atoms with E-state index in [1.165, 1.54) is 16.9 Å². The number of rotatable bonds is 4. The van der Waals surface area contributed by atoms with Gasteiger partial charge < -0.3 is 50.7 Å². The lowest BCUT2D eigenvalue weighted by atomic mass is 9.60. The number of benzene rings is 2. The summed E-state index contributed by atoms with van der Waals surface area (Å²) in [4.78, 5) is 29.9. The maximum atomic E-state index is 15.2. The van der Waals surface area contributed by atoms with Gasteiger partial charge in [-0.15, -0.1) is 0 Å². The number of fused-ring (bicyclic) bond motifs is 4. The highest BCUT2D eigenvalue weighted by Gasteiger charge is 2.68. The summed E-state index contributed by atoms with van der Waals surface area (Å²) in [5.74, 6) is -2.02. The van der Waals surface area contributed by atoms with E-state index in [1.54, 1.807) is 35.1 Å². The summed E-state index contributed by atoms with van der Waals surface area (Å²) in [6.45, 7) is -0.254. The third-order valence-corrected chi connectivity index (χ3v) is 15.5. The lowest BCUT2D eigenvalue weighted by Gasteiger charge is -2.59. The number of aliphatic hydroxyl groups is 6. The monoisotopic (exact) mass is 788 g/mol. The number of ketones is 2. The SMILES string of the molecule is O=C1c2cccc3c2C(=O)C2(CSSC4CCC5=C(NCC=C5CC5CCC6(CO)OC(O3)C(O)C5(O)C6O)N4)C(O)=CC(Cc3cccc(CO)c3)=CC12. The minimum absolute atomic E-state index is 0.0548. The molecule has 5 aliphatic heterocycles. The van der Waals surface area contributed by atoms with Gasteiger partial charge in [0.2, 0.25) is 6.29 Å². The summed E-state index contributed by atoms with van der Waals surface area (Å²) in [6.07, 6.45) is 2.98. The van der Waals surface area contributed by atoms with E-state index in [0.717, 1.165) is 34.5 Å². The van der Waals surface area contributed by atoms with Crippen LogP contribution in [0.15, 0.2) is 89.0 Å². The third kappa shape index (κ3) is 5.66. The van der Waals surface area contributed by atoms with Gasteiger partial charge in [-0.3, -0.25) is 9.59 Å². The van der Waals surface area contributed by atoms with Crippen molar-refractivity contribution in [3.63, 3.8) is 0 Å². The lowest BCUT2D eigenvalue weighted by Crippen LogP contribution is -2.77. The van der Waals surface area contributed by atoms with Crippen LogP contribution in [0, 0.1) is 17.3 Å². The number of aliphatic hydroxyl groups excluding tert-OH is 5. The Morgan fingerprint density at radius 2 is 1.85 bits per heavy atom. The quantitative estimate of drug-likeness (QED) is 0.210. The van der Waals surface area contributed by atoms with Gasteiger partial charge in [-0.25, -0.2) is 0 Å². The number of Topliss-reactive ketones (excluding diaryl/α,β-unsaturated/α-hetero) is 2. The van der Waals surface area contributed by atoms with Crippen molar-refractivity contribution >= 4 is 33.2 Å². The first kappa shape index (κ1) is 37.0.